The third-order valence-corrected chi connectivity index (χ3v) is 10.4. The molecule has 4 heterocycles. The van der Waals surface area contributed by atoms with E-state index in [9.17, 15) is 0 Å². The number of pyridine rings is 1. The molecule has 1 aliphatic rings. The van der Waals surface area contributed by atoms with E-state index >= 15 is 0 Å². The van der Waals surface area contributed by atoms with Gasteiger partial charge >= 0.3 is 0 Å². The summed E-state index contributed by atoms with van der Waals surface area (Å²) in [6.07, 6.45) is 4.54. The molecule has 3 aromatic heterocycles. The number of hydrogen-bond donors (Lipinski definition) is 0. The van der Waals surface area contributed by atoms with Crippen molar-refractivity contribution in [2.75, 3.05) is 20.2 Å². The van der Waals surface area contributed by atoms with Crippen LogP contribution in [0.3, 0.4) is 0 Å². The average molecular weight is 892 g/mol. The molecule has 9 heteroatoms. The van der Waals surface area contributed by atoms with Gasteiger partial charge in [0.1, 0.15) is 11.5 Å². The second-order valence-electron chi connectivity index (χ2n) is 18.1. The van der Waals surface area contributed by atoms with E-state index in [0.717, 1.165) is 40.8 Å². The Morgan fingerprint density at radius 3 is 1.66 bits per heavy atom. The fourth-order valence-electron chi connectivity index (χ4n) is 6.90. The fourth-order valence-corrected chi connectivity index (χ4v) is 6.90. The number of likely N-dealkylation sites (tertiary alicyclic amines) is 1. The number of nitrogens with zero attached hydrogens (tertiary/aromatic N) is 7. The number of benzene rings is 3. The SMILES string of the molecule is C.C.C.C.CC(C)c1ccc(Oc2ccccc2)nc1.COc1cc(C(C)C)ccc1CN1CCCC1.Cc1cc(C(C)C)n(C(C)(C)C)n1.Cc1nn(-c2ccccc2)nc1C(C)C. The Morgan fingerprint density at radius 1 is 0.631 bits per heavy atom. The van der Waals surface area contributed by atoms with Crippen molar-refractivity contribution in [3.63, 3.8) is 0 Å². The Labute approximate surface area is 397 Å². The molecular formula is C56H89N7O2. The van der Waals surface area contributed by atoms with Gasteiger partial charge in [-0.15, -0.1) is 0 Å². The van der Waals surface area contributed by atoms with Gasteiger partial charge in [0.05, 0.1) is 35.4 Å². The predicted octanol–water partition coefficient (Wildman–Crippen LogP) is 15.7. The largest absolute Gasteiger partial charge is 0.496 e. The molecule has 0 unspecified atom stereocenters. The van der Waals surface area contributed by atoms with E-state index in [-0.39, 0.29) is 35.2 Å². The smallest absolute Gasteiger partial charge is 0.219 e. The van der Waals surface area contributed by atoms with Crippen LogP contribution in [0.25, 0.3) is 5.69 Å². The third kappa shape index (κ3) is 18.6. The van der Waals surface area contributed by atoms with Crippen molar-refractivity contribution in [3.05, 3.63) is 143 Å². The highest BCUT2D eigenvalue weighted by Crippen LogP contribution is 2.27. The second kappa shape index (κ2) is 28.6. The zero-order valence-electron chi connectivity index (χ0n) is 39.6. The van der Waals surface area contributed by atoms with E-state index in [4.69, 9.17) is 9.47 Å². The molecule has 3 aromatic carbocycles. The quantitative estimate of drug-likeness (QED) is 0.135. The first kappa shape index (κ1) is 59.7. The van der Waals surface area contributed by atoms with Crippen LogP contribution < -0.4 is 9.47 Å². The molecule has 0 radical (unpaired) electrons. The fraction of sp³-hybridized carbons (Fsp3) is 0.500. The summed E-state index contributed by atoms with van der Waals surface area (Å²) >= 11 is 0. The summed E-state index contributed by atoms with van der Waals surface area (Å²) in [7, 11) is 1.77. The molecule has 1 fully saturated rings. The molecule has 0 amide bonds. The maximum Gasteiger partial charge on any atom is 0.219 e. The van der Waals surface area contributed by atoms with Crippen LogP contribution in [-0.2, 0) is 12.1 Å². The molecule has 0 saturated carbocycles. The van der Waals surface area contributed by atoms with E-state index in [1.54, 1.807) is 11.9 Å². The number of rotatable bonds is 10. The van der Waals surface area contributed by atoms with Gasteiger partial charge in [-0.2, -0.15) is 20.1 Å². The van der Waals surface area contributed by atoms with Crippen LogP contribution in [-0.4, -0.2) is 54.9 Å². The van der Waals surface area contributed by atoms with E-state index < -0.39 is 0 Å². The molecule has 7 rings (SSSR count). The van der Waals surface area contributed by atoms with Gasteiger partial charge in [0, 0.05) is 30.1 Å². The average Bonchev–Trinajstić information content (AvgIpc) is 4.00. The van der Waals surface area contributed by atoms with Gasteiger partial charge < -0.3 is 9.47 Å². The first-order chi connectivity index (χ1) is 29.0. The third-order valence-electron chi connectivity index (χ3n) is 10.4. The van der Waals surface area contributed by atoms with Gasteiger partial charge in [0.25, 0.3) is 0 Å². The molecule has 0 aliphatic carbocycles. The van der Waals surface area contributed by atoms with Crippen LogP contribution in [0.1, 0.15) is 182 Å². The van der Waals surface area contributed by atoms with Crippen molar-refractivity contribution in [3.8, 4) is 23.1 Å². The summed E-state index contributed by atoms with van der Waals surface area (Å²) in [6.45, 7) is 31.5. The van der Waals surface area contributed by atoms with E-state index in [1.807, 2.05) is 86.8 Å². The highest BCUT2D eigenvalue weighted by molar-refractivity contribution is 5.39. The van der Waals surface area contributed by atoms with Gasteiger partial charge in [-0.05, 0) is 132 Å². The summed E-state index contributed by atoms with van der Waals surface area (Å²) in [5.41, 5.74) is 9.50. The Kier molecular flexibility index (Phi) is 26.3. The molecule has 1 saturated heterocycles. The molecule has 0 N–H and O–H groups in total. The van der Waals surface area contributed by atoms with Crippen LogP contribution >= 0.6 is 0 Å². The molecule has 9 nitrogen and oxygen atoms in total. The molecule has 1 aliphatic heterocycles. The summed E-state index contributed by atoms with van der Waals surface area (Å²) < 4.78 is 13.3. The first-order valence-electron chi connectivity index (χ1n) is 22.1. The van der Waals surface area contributed by atoms with Crippen molar-refractivity contribution < 1.29 is 9.47 Å². The summed E-state index contributed by atoms with van der Waals surface area (Å²) in [4.78, 5) is 8.48. The maximum atomic E-state index is 5.60. The van der Waals surface area contributed by atoms with Crippen molar-refractivity contribution >= 4 is 0 Å². The summed E-state index contributed by atoms with van der Waals surface area (Å²) in [6, 6.07) is 32.4. The Hall–Kier alpha value is -5.28. The normalized spacial score (nSPS) is 12.0. The maximum absolute atomic E-state index is 5.60. The van der Waals surface area contributed by atoms with Gasteiger partial charge in [-0.1, -0.05) is 140 Å². The highest BCUT2D eigenvalue weighted by atomic mass is 16.5. The summed E-state index contributed by atoms with van der Waals surface area (Å²) in [5.74, 6) is 4.51. The minimum Gasteiger partial charge on any atom is -0.496 e. The second-order valence-corrected chi connectivity index (χ2v) is 18.1. The van der Waals surface area contributed by atoms with Crippen LogP contribution in [0.2, 0.25) is 0 Å². The van der Waals surface area contributed by atoms with E-state index in [1.165, 1.54) is 48.3 Å². The van der Waals surface area contributed by atoms with Gasteiger partial charge in [-0.25, -0.2) is 4.98 Å². The lowest BCUT2D eigenvalue weighted by atomic mass is 10.0. The number of aryl methyl sites for hydroxylation is 2. The monoisotopic (exact) mass is 892 g/mol. The van der Waals surface area contributed by atoms with Crippen molar-refractivity contribution in [2.45, 2.75) is 168 Å². The zero-order chi connectivity index (χ0) is 44.7. The van der Waals surface area contributed by atoms with Crippen molar-refractivity contribution in [1.82, 2.24) is 34.7 Å². The Bertz CT molecular complexity index is 2160. The molecular weight excluding hydrogens is 803 g/mol. The molecule has 0 atom stereocenters. The molecule has 360 valence electrons. The minimum atomic E-state index is 0. The van der Waals surface area contributed by atoms with Gasteiger partial charge in [0.2, 0.25) is 5.88 Å². The standard InChI is InChI=1S/C15H23NO.C14H15NO.C12H15N3.C11H20N2.4CH4/c1-12(2)13-6-7-14(15(10-13)17-3)11-16-8-4-5-9-16;1-11(2)12-8-9-14(15-10-12)16-13-6-4-3-5-7-13;1-9(2)12-10(3)13-15(14-12)11-7-5-4-6-8-11;1-8(2)10-7-9(3)12-13(10)11(4,5)6;;;;/h6-7,10,12H,4-5,8-9,11H2,1-3H3;3-11H,1-2H3;4-9H,1-3H3;7-8H,1-6H3;4*1H4. The number of hydrogen-bond acceptors (Lipinski definition) is 7. The Balaban J connectivity index is 0.000000827. The van der Waals surface area contributed by atoms with E-state index in [2.05, 4.69) is 136 Å². The lowest BCUT2D eigenvalue weighted by Gasteiger charge is -2.23. The van der Waals surface area contributed by atoms with Crippen LogP contribution in [0.5, 0.6) is 17.4 Å². The topological polar surface area (TPSA) is 83.1 Å². The predicted molar refractivity (Wildman–Crippen MR) is 280 cm³/mol. The molecule has 0 bridgehead atoms. The van der Waals surface area contributed by atoms with Crippen LogP contribution in [0.4, 0.5) is 0 Å². The number of ether oxygens (including phenoxy) is 2. The van der Waals surface area contributed by atoms with Crippen molar-refractivity contribution in [2.24, 2.45) is 0 Å². The van der Waals surface area contributed by atoms with Crippen LogP contribution in [0, 0.1) is 13.8 Å². The molecule has 6 aromatic rings. The zero-order valence-corrected chi connectivity index (χ0v) is 39.6. The molecule has 0 spiro atoms. The summed E-state index contributed by atoms with van der Waals surface area (Å²) in [5, 5.41) is 13.4. The number of methoxy groups -OCH3 is 1. The number of para-hydroxylation sites is 2. The highest BCUT2D eigenvalue weighted by Gasteiger charge is 2.20. The van der Waals surface area contributed by atoms with Crippen molar-refractivity contribution in [1.29, 1.82) is 0 Å². The van der Waals surface area contributed by atoms with Gasteiger partial charge in [-0.3, -0.25) is 9.58 Å². The van der Waals surface area contributed by atoms with Crippen LogP contribution in [0.15, 0.2) is 103 Å². The van der Waals surface area contributed by atoms with Gasteiger partial charge in [0.15, 0.2) is 0 Å². The van der Waals surface area contributed by atoms with E-state index in [0.29, 0.717) is 29.6 Å². The minimum absolute atomic E-state index is 0. The Morgan fingerprint density at radius 2 is 1.20 bits per heavy atom. The lowest BCUT2D eigenvalue weighted by Crippen LogP contribution is -2.25. The lowest BCUT2D eigenvalue weighted by molar-refractivity contribution is 0.320. The first-order valence-corrected chi connectivity index (χ1v) is 22.1. The molecule has 65 heavy (non-hydrogen) atoms. The number of aromatic nitrogens is 6.